The third kappa shape index (κ3) is 4.82. The van der Waals surface area contributed by atoms with Crippen molar-refractivity contribution in [2.45, 2.75) is 50.4 Å². The summed E-state index contributed by atoms with van der Waals surface area (Å²) in [6.07, 6.45) is 6.75. The second-order valence-electron chi connectivity index (χ2n) is 7.95. The molecule has 0 spiro atoms. The first-order chi connectivity index (χ1) is 13.0. The molecule has 1 aromatic rings. The minimum atomic E-state index is -0.410. The molecule has 6 heteroatoms. The van der Waals surface area contributed by atoms with Gasteiger partial charge in [-0.2, -0.15) is 0 Å². The van der Waals surface area contributed by atoms with E-state index >= 15 is 0 Å². The number of primary amides is 1. The van der Waals surface area contributed by atoms with Crippen LogP contribution in [0.3, 0.4) is 0 Å². The zero-order valence-corrected chi connectivity index (χ0v) is 16.6. The molecule has 2 amide bonds. The van der Waals surface area contributed by atoms with Crippen LogP contribution < -0.4 is 11.1 Å². The highest BCUT2D eigenvalue weighted by Gasteiger charge is 2.42. The van der Waals surface area contributed by atoms with Gasteiger partial charge in [-0.25, -0.2) is 0 Å². The van der Waals surface area contributed by atoms with E-state index in [-0.39, 0.29) is 17.7 Å². The Balaban J connectivity index is 1.50. The van der Waals surface area contributed by atoms with Crippen LogP contribution in [0.4, 0.5) is 0 Å². The first kappa shape index (κ1) is 20.2. The molecular formula is C21H30ClN3O2. The molecule has 1 aliphatic carbocycles. The van der Waals surface area contributed by atoms with Crippen LogP contribution in [-0.4, -0.2) is 42.9 Å². The van der Waals surface area contributed by atoms with Gasteiger partial charge in [-0.05, 0) is 62.9 Å². The fraction of sp³-hybridized carbons (Fsp3) is 0.619. The molecule has 2 aliphatic rings. The van der Waals surface area contributed by atoms with Gasteiger partial charge in [0.2, 0.25) is 11.8 Å². The molecule has 3 N–H and O–H groups in total. The van der Waals surface area contributed by atoms with Crippen molar-refractivity contribution < 1.29 is 9.59 Å². The number of hydrogen-bond acceptors (Lipinski definition) is 3. The predicted molar refractivity (Wildman–Crippen MR) is 108 cm³/mol. The molecule has 0 radical (unpaired) electrons. The first-order valence-corrected chi connectivity index (χ1v) is 10.4. The molecule has 3 rings (SSSR count). The summed E-state index contributed by atoms with van der Waals surface area (Å²) in [6.45, 7) is 3.30. The maximum Gasteiger partial charge on any atom is 0.230 e. The Labute approximate surface area is 166 Å². The highest BCUT2D eigenvalue weighted by Crippen LogP contribution is 2.41. The molecule has 1 atom stereocenters. The molecule has 27 heavy (non-hydrogen) atoms. The lowest BCUT2D eigenvalue weighted by Gasteiger charge is -2.31. The van der Waals surface area contributed by atoms with Gasteiger partial charge in [-0.3, -0.25) is 9.59 Å². The van der Waals surface area contributed by atoms with Crippen LogP contribution in [0, 0.1) is 5.92 Å². The number of hydrogen-bond donors (Lipinski definition) is 2. The number of amides is 2. The zero-order valence-electron chi connectivity index (χ0n) is 15.9. The Morgan fingerprint density at radius 3 is 2.56 bits per heavy atom. The summed E-state index contributed by atoms with van der Waals surface area (Å²) in [6, 6.07) is 7.72. The molecule has 148 valence electrons. The number of piperidine rings is 1. The van der Waals surface area contributed by atoms with E-state index in [4.69, 9.17) is 17.3 Å². The van der Waals surface area contributed by atoms with Crippen molar-refractivity contribution in [3.63, 3.8) is 0 Å². The second kappa shape index (κ2) is 9.07. The summed E-state index contributed by atoms with van der Waals surface area (Å²) >= 11 is 6.02. The minimum absolute atomic E-state index is 0.0278. The number of carbonyl (C=O) groups is 2. The zero-order chi connectivity index (χ0) is 19.3. The first-order valence-electron chi connectivity index (χ1n) is 10.1. The van der Waals surface area contributed by atoms with Gasteiger partial charge in [0, 0.05) is 18.1 Å². The lowest BCUT2D eigenvalue weighted by Crippen LogP contribution is -2.44. The number of nitrogens with two attached hydrogens (primary N) is 1. The van der Waals surface area contributed by atoms with E-state index in [1.165, 1.54) is 0 Å². The molecule has 0 aromatic heterocycles. The maximum atomic E-state index is 13.0. The van der Waals surface area contributed by atoms with Gasteiger partial charge >= 0.3 is 0 Å². The fourth-order valence-corrected chi connectivity index (χ4v) is 4.68. The monoisotopic (exact) mass is 391 g/mol. The third-order valence-electron chi connectivity index (χ3n) is 6.13. The second-order valence-corrected chi connectivity index (χ2v) is 8.38. The maximum absolute atomic E-state index is 13.0. The quantitative estimate of drug-likeness (QED) is 0.702. The van der Waals surface area contributed by atoms with Crippen molar-refractivity contribution >= 4 is 23.4 Å². The number of nitrogens with zero attached hydrogens (tertiary/aromatic N) is 1. The number of carbonyl (C=O) groups excluding carboxylic acids is 2. The smallest absolute Gasteiger partial charge is 0.230 e. The normalized spacial score (nSPS) is 22.5. The van der Waals surface area contributed by atoms with Crippen LogP contribution in [0.5, 0.6) is 0 Å². The molecule has 1 heterocycles. The van der Waals surface area contributed by atoms with Crippen molar-refractivity contribution in [3.05, 3.63) is 34.9 Å². The molecule has 0 bridgehead atoms. The SMILES string of the molecule is NC(=O)C1CCCN(CCCNC(=O)C2(c3ccc(Cl)cc3)CCCC2)C1. The summed E-state index contributed by atoms with van der Waals surface area (Å²) in [5.41, 5.74) is 6.10. The number of halogens is 1. The fourth-order valence-electron chi connectivity index (χ4n) is 4.56. The Bertz CT molecular complexity index is 656. The molecule has 2 fully saturated rings. The van der Waals surface area contributed by atoms with Crippen molar-refractivity contribution in [1.82, 2.24) is 10.2 Å². The Kier molecular flexibility index (Phi) is 6.77. The van der Waals surface area contributed by atoms with Gasteiger partial charge in [0.1, 0.15) is 0 Å². The van der Waals surface area contributed by atoms with E-state index in [1.807, 2.05) is 24.3 Å². The predicted octanol–water partition coefficient (Wildman–Crippen LogP) is 2.86. The molecule has 5 nitrogen and oxygen atoms in total. The van der Waals surface area contributed by atoms with Gasteiger partial charge in [-0.15, -0.1) is 0 Å². The van der Waals surface area contributed by atoms with Gasteiger partial charge in [-0.1, -0.05) is 36.6 Å². The van der Waals surface area contributed by atoms with Gasteiger partial charge in [0.25, 0.3) is 0 Å². The number of rotatable bonds is 7. The Morgan fingerprint density at radius 2 is 1.89 bits per heavy atom. The largest absolute Gasteiger partial charge is 0.369 e. The number of benzene rings is 1. The van der Waals surface area contributed by atoms with Crippen molar-refractivity contribution in [3.8, 4) is 0 Å². The van der Waals surface area contributed by atoms with E-state index in [1.54, 1.807) is 0 Å². The van der Waals surface area contributed by atoms with Crippen molar-refractivity contribution in [2.24, 2.45) is 11.7 Å². The van der Waals surface area contributed by atoms with Crippen molar-refractivity contribution in [1.29, 1.82) is 0 Å². The van der Waals surface area contributed by atoms with Crippen LogP contribution in [0.1, 0.15) is 50.5 Å². The van der Waals surface area contributed by atoms with E-state index in [0.717, 1.165) is 70.1 Å². The van der Waals surface area contributed by atoms with Crippen molar-refractivity contribution in [2.75, 3.05) is 26.2 Å². The summed E-state index contributed by atoms with van der Waals surface area (Å²) in [5, 5.41) is 3.86. The molecule has 1 unspecified atom stereocenters. The molecular weight excluding hydrogens is 362 g/mol. The summed E-state index contributed by atoms with van der Waals surface area (Å²) in [7, 11) is 0. The molecule has 1 aliphatic heterocycles. The average molecular weight is 392 g/mol. The average Bonchev–Trinajstić information content (AvgIpc) is 3.17. The van der Waals surface area contributed by atoms with Gasteiger partial charge < -0.3 is 16.0 Å². The van der Waals surface area contributed by atoms with Crippen LogP contribution in [0.25, 0.3) is 0 Å². The van der Waals surface area contributed by atoms with Gasteiger partial charge in [0.15, 0.2) is 0 Å². The summed E-state index contributed by atoms with van der Waals surface area (Å²) < 4.78 is 0. The lowest BCUT2D eigenvalue weighted by molar-refractivity contribution is -0.126. The molecule has 1 saturated heterocycles. The Hall–Kier alpha value is -1.59. The lowest BCUT2D eigenvalue weighted by atomic mass is 9.78. The number of nitrogens with one attached hydrogen (secondary N) is 1. The number of likely N-dealkylation sites (tertiary alicyclic amines) is 1. The van der Waals surface area contributed by atoms with E-state index in [0.29, 0.717) is 11.6 Å². The van der Waals surface area contributed by atoms with Crippen LogP contribution in [-0.2, 0) is 15.0 Å². The van der Waals surface area contributed by atoms with E-state index in [2.05, 4.69) is 10.2 Å². The van der Waals surface area contributed by atoms with E-state index in [9.17, 15) is 9.59 Å². The standard InChI is InChI=1S/C21H30ClN3O2/c22-18-8-6-17(7-9-18)21(10-1-2-11-21)20(27)24-12-4-14-25-13-3-5-16(15-25)19(23)26/h6-9,16H,1-5,10-15H2,(H2,23,26)(H,24,27). The Morgan fingerprint density at radius 1 is 1.19 bits per heavy atom. The summed E-state index contributed by atoms with van der Waals surface area (Å²) in [4.78, 5) is 26.7. The highest BCUT2D eigenvalue weighted by atomic mass is 35.5. The molecule has 1 aromatic carbocycles. The molecule has 1 saturated carbocycles. The van der Waals surface area contributed by atoms with Crippen LogP contribution in [0.2, 0.25) is 5.02 Å². The van der Waals surface area contributed by atoms with E-state index < -0.39 is 5.41 Å². The third-order valence-corrected chi connectivity index (χ3v) is 6.39. The van der Waals surface area contributed by atoms with Crippen LogP contribution >= 0.6 is 11.6 Å². The minimum Gasteiger partial charge on any atom is -0.369 e. The topological polar surface area (TPSA) is 75.4 Å². The summed E-state index contributed by atoms with van der Waals surface area (Å²) in [5.74, 6) is -0.0878. The highest BCUT2D eigenvalue weighted by molar-refractivity contribution is 6.30. The van der Waals surface area contributed by atoms with Crippen LogP contribution in [0.15, 0.2) is 24.3 Å². The van der Waals surface area contributed by atoms with Gasteiger partial charge in [0.05, 0.1) is 11.3 Å².